The van der Waals surface area contributed by atoms with Gasteiger partial charge in [-0.25, -0.2) is 8.42 Å². The summed E-state index contributed by atoms with van der Waals surface area (Å²) in [4.78, 5) is 6.59. The first kappa shape index (κ1) is 25.2. The molecule has 1 aliphatic heterocycles. The highest BCUT2D eigenvalue weighted by atomic mass is 32.2. The number of nitrogens with zero attached hydrogens (tertiary/aromatic N) is 2. The summed E-state index contributed by atoms with van der Waals surface area (Å²) in [6, 6.07) is 21.5. The number of sulfonamides is 1. The maximum absolute atomic E-state index is 11.6. The van der Waals surface area contributed by atoms with E-state index in [-0.39, 0.29) is 12.2 Å². The SMILES string of the molecule is CS(=O)(=O)Nc1ccccc1OCCCN1CCC(OC(c2ccccc2)c2ccncc2)CC1. The molecule has 1 fully saturated rings. The lowest BCUT2D eigenvalue weighted by atomic mass is 10.0. The number of nitrogens with one attached hydrogen (secondary N) is 1. The smallest absolute Gasteiger partial charge is 0.229 e. The lowest BCUT2D eigenvalue weighted by Crippen LogP contribution is -2.38. The number of aromatic nitrogens is 1. The molecule has 0 saturated carbocycles. The molecule has 0 amide bonds. The first-order valence-electron chi connectivity index (χ1n) is 12.0. The fourth-order valence-corrected chi connectivity index (χ4v) is 4.89. The molecule has 0 aliphatic carbocycles. The molecule has 35 heavy (non-hydrogen) atoms. The van der Waals surface area contributed by atoms with Crippen molar-refractivity contribution in [3.63, 3.8) is 0 Å². The first-order chi connectivity index (χ1) is 17.0. The Bertz CT molecular complexity index is 1110. The highest BCUT2D eigenvalue weighted by Crippen LogP contribution is 2.30. The second-order valence-electron chi connectivity index (χ2n) is 8.82. The Labute approximate surface area is 208 Å². The summed E-state index contributed by atoms with van der Waals surface area (Å²) in [5, 5.41) is 0. The maximum Gasteiger partial charge on any atom is 0.229 e. The molecule has 0 bridgehead atoms. The van der Waals surface area contributed by atoms with Crippen LogP contribution in [0.15, 0.2) is 79.1 Å². The van der Waals surface area contributed by atoms with Gasteiger partial charge in [0.25, 0.3) is 0 Å². The molecule has 8 heteroatoms. The molecule has 4 rings (SSSR count). The van der Waals surface area contributed by atoms with Gasteiger partial charge in [-0.2, -0.15) is 0 Å². The molecule has 1 N–H and O–H groups in total. The number of likely N-dealkylation sites (tertiary alicyclic amines) is 1. The van der Waals surface area contributed by atoms with E-state index in [1.54, 1.807) is 18.2 Å². The fourth-order valence-electron chi connectivity index (χ4n) is 4.32. The van der Waals surface area contributed by atoms with Crippen molar-refractivity contribution in [3.05, 3.63) is 90.3 Å². The van der Waals surface area contributed by atoms with Gasteiger partial charge in [0.2, 0.25) is 10.0 Å². The minimum Gasteiger partial charge on any atom is -0.491 e. The van der Waals surface area contributed by atoms with E-state index in [0.717, 1.165) is 56.3 Å². The molecule has 1 saturated heterocycles. The molecule has 7 nitrogen and oxygen atoms in total. The number of ether oxygens (including phenoxy) is 2. The van der Waals surface area contributed by atoms with Gasteiger partial charge in [-0.15, -0.1) is 0 Å². The van der Waals surface area contributed by atoms with Crippen LogP contribution >= 0.6 is 0 Å². The second-order valence-corrected chi connectivity index (χ2v) is 10.6. The molecule has 2 aromatic carbocycles. The number of piperidine rings is 1. The lowest BCUT2D eigenvalue weighted by molar-refractivity contribution is -0.0273. The molecule has 3 aromatic rings. The number of pyridine rings is 1. The van der Waals surface area contributed by atoms with Crippen LogP contribution in [0.4, 0.5) is 5.69 Å². The first-order valence-corrected chi connectivity index (χ1v) is 13.9. The van der Waals surface area contributed by atoms with Gasteiger partial charge in [-0.05, 0) is 54.7 Å². The molecular weight excluding hydrogens is 462 g/mol. The molecule has 186 valence electrons. The summed E-state index contributed by atoms with van der Waals surface area (Å²) in [6.45, 7) is 3.42. The summed E-state index contributed by atoms with van der Waals surface area (Å²) >= 11 is 0. The van der Waals surface area contributed by atoms with Crippen molar-refractivity contribution in [1.82, 2.24) is 9.88 Å². The van der Waals surface area contributed by atoms with Crippen molar-refractivity contribution in [2.45, 2.75) is 31.5 Å². The molecular formula is C27H33N3O4S. The third kappa shape index (κ3) is 7.78. The average molecular weight is 496 g/mol. The number of para-hydroxylation sites is 2. The number of anilines is 1. The second kappa shape index (κ2) is 12.2. The van der Waals surface area contributed by atoms with Crippen LogP contribution in [0, 0.1) is 0 Å². The van der Waals surface area contributed by atoms with E-state index in [1.807, 2.05) is 48.8 Å². The van der Waals surface area contributed by atoms with Crippen molar-refractivity contribution in [1.29, 1.82) is 0 Å². The van der Waals surface area contributed by atoms with E-state index < -0.39 is 10.0 Å². The van der Waals surface area contributed by atoms with E-state index in [1.165, 1.54) is 0 Å². The number of benzene rings is 2. The van der Waals surface area contributed by atoms with E-state index in [0.29, 0.717) is 18.0 Å². The van der Waals surface area contributed by atoms with Gasteiger partial charge in [0.05, 0.1) is 24.7 Å². The van der Waals surface area contributed by atoms with Gasteiger partial charge in [0.15, 0.2) is 0 Å². The van der Waals surface area contributed by atoms with Crippen LogP contribution in [0.1, 0.15) is 36.5 Å². The van der Waals surface area contributed by atoms with Gasteiger partial charge in [-0.1, -0.05) is 42.5 Å². The van der Waals surface area contributed by atoms with Gasteiger partial charge >= 0.3 is 0 Å². The Kier molecular flexibility index (Phi) is 8.74. The van der Waals surface area contributed by atoms with Gasteiger partial charge in [-0.3, -0.25) is 9.71 Å². The van der Waals surface area contributed by atoms with Crippen molar-refractivity contribution in [2.75, 3.05) is 37.2 Å². The predicted molar refractivity (Wildman–Crippen MR) is 138 cm³/mol. The minimum absolute atomic E-state index is 0.0928. The average Bonchev–Trinajstić information content (AvgIpc) is 2.87. The third-order valence-corrected chi connectivity index (χ3v) is 6.62. The Balaban J connectivity index is 1.24. The van der Waals surface area contributed by atoms with Crippen molar-refractivity contribution < 1.29 is 17.9 Å². The Morgan fingerprint density at radius 1 is 0.971 bits per heavy atom. The summed E-state index contributed by atoms with van der Waals surface area (Å²) in [7, 11) is -3.35. The van der Waals surface area contributed by atoms with Crippen LogP contribution in [0.25, 0.3) is 0 Å². The summed E-state index contributed by atoms with van der Waals surface area (Å²) in [5.41, 5.74) is 2.75. The fraction of sp³-hybridized carbons (Fsp3) is 0.370. The Morgan fingerprint density at radius 2 is 1.63 bits per heavy atom. The Hall–Kier alpha value is -2.94. The lowest BCUT2D eigenvalue weighted by Gasteiger charge is -2.34. The van der Waals surface area contributed by atoms with Gasteiger partial charge < -0.3 is 14.4 Å². The molecule has 1 unspecified atom stereocenters. The zero-order chi connectivity index (χ0) is 24.5. The summed E-state index contributed by atoms with van der Waals surface area (Å²) in [6.07, 6.45) is 7.70. The van der Waals surface area contributed by atoms with E-state index in [9.17, 15) is 8.42 Å². The largest absolute Gasteiger partial charge is 0.491 e. The monoisotopic (exact) mass is 495 g/mol. The minimum atomic E-state index is -3.35. The standard InChI is InChI=1S/C27H33N3O4S/c1-35(31,32)29-25-10-5-6-11-26(25)33-21-7-18-30-19-14-24(15-20-30)34-27(22-8-3-2-4-9-22)23-12-16-28-17-13-23/h2-6,8-13,16-17,24,27,29H,7,14-15,18-21H2,1H3. The maximum atomic E-state index is 11.6. The van der Waals surface area contributed by atoms with Crippen LogP contribution in [-0.2, 0) is 14.8 Å². The van der Waals surface area contributed by atoms with E-state index in [4.69, 9.17) is 9.47 Å². The van der Waals surface area contributed by atoms with E-state index in [2.05, 4.69) is 26.7 Å². The molecule has 1 aliphatic rings. The van der Waals surface area contributed by atoms with Crippen molar-refractivity contribution in [3.8, 4) is 5.75 Å². The molecule has 0 spiro atoms. The zero-order valence-corrected chi connectivity index (χ0v) is 20.9. The Morgan fingerprint density at radius 3 is 2.34 bits per heavy atom. The van der Waals surface area contributed by atoms with Crippen molar-refractivity contribution >= 4 is 15.7 Å². The zero-order valence-electron chi connectivity index (χ0n) is 20.0. The van der Waals surface area contributed by atoms with Crippen molar-refractivity contribution in [2.24, 2.45) is 0 Å². The van der Waals surface area contributed by atoms with Gasteiger partial charge in [0, 0.05) is 32.0 Å². The van der Waals surface area contributed by atoms with Crippen LogP contribution in [0.5, 0.6) is 5.75 Å². The topological polar surface area (TPSA) is 80.8 Å². The summed E-state index contributed by atoms with van der Waals surface area (Å²) < 4.78 is 38.1. The van der Waals surface area contributed by atoms with Gasteiger partial charge in [0.1, 0.15) is 11.9 Å². The molecule has 1 aromatic heterocycles. The number of rotatable bonds is 11. The molecule has 0 radical (unpaired) electrons. The van der Waals surface area contributed by atoms with E-state index >= 15 is 0 Å². The molecule has 2 heterocycles. The quantitative estimate of drug-likeness (QED) is 0.395. The molecule has 1 atom stereocenters. The predicted octanol–water partition coefficient (Wildman–Crippen LogP) is 4.49. The van der Waals surface area contributed by atoms with Crippen LogP contribution in [0.3, 0.4) is 0 Å². The van der Waals surface area contributed by atoms with Crippen LogP contribution in [0.2, 0.25) is 0 Å². The van der Waals surface area contributed by atoms with Crippen LogP contribution in [-0.4, -0.2) is 56.9 Å². The van der Waals surface area contributed by atoms with Crippen LogP contribution < -0.4 is 9.46 Å². The highest BCUT2D eigenvalue weighted by Gasteiger charge is 2.24. The number of hydrogen-bond acceptors (Lipinski definition) is 6. The third-order valence-electron chi connectivity index (χ3n) is 6.03. The summed E-state index contributed by atoms with van der Waals surface area (Å²) in [5.74, 6) is 0.549. The number of hydrogen-bond donors (Lipinski definition) is 1. The highest BCUT2D eigenvalue weighted by molar-refractivity contribution is 7.92. The normalized spacial score (nSPS) is 16.0.